The quantitative estimate of drug-likeness (QED) is 0.566. The third-order valence-corrected chi connectivity index (χ3v) is 7.60. The van der Waals surface area contributed by atoms with Gasteiger partial charge < -0.3 is 5.32 Å². The van der Waals surface area contributed by atoms with Gasteiger partial charge in [-0.2, -0.15) is 0 Å². The van der Waals surface area contributed by atoms with E-state index in [1.54, 1.807) is 10.6 Å². The zero-order valence-electron chi connectivity index (χ0n) is 20.0. The average molecular weight is 509 g/mol. The second kappa shape index (κ2) is 10.5. The fourth-order valence-electron chi connectivity index (χ4n) is 5.34. The Morgan fingerprint density at radius 3 is 2.37 bits per heavy atom. The van der Waals surface area contributed by atoms with Gasteiger partial charge >= 0.3 is 5.69 Å². The number of aromatic nitrogens is 2. The van der Waals surface area contributed by atoms with Crippen LogP contribution < -0.4 is 21.3 Å². The van der Waals surface area contributed by atoms with Crippen LogP contribution in [0.15, 0.2) is 21.7 Å². The van der Waals surface area contributed by atoms with E-state index in [1.807, 2.05) is 4.72 Å². The van der Waals surface area contributed by atoms with E-state index in [1.165, 1.54) is 12.5 Å². The van der Waals surface area contributed by atoms with Gasteiger partial charge in [0.1, 0.15) is 5.82 Å². The molecule has 2 aromatic rings. The molecule has 1 heterocycles. The molecule has 9 nitrogen and oxygen atoms in total. The zero-order valence-corrected chi connectivity index (χ0v) is 20.8. The summed E-state index contributed by atoms with van der Waals surface area (Å²) in [5.74, 6) is -1.24. The molecule has 0 saturated heterocycles. The van der Waals surface area contributed by atoms with Gasteiger partial charge in [0.15, 0.2) is 0 Å². The Bertz CT molecular complexity index is 1320. The normalized spacial score (nSPS) is 17.7. The van der Waals surface area contributed by atoms with Crippen LogP contribution in [0.5, 0.6) is 0 Å². The molecule has 2 N–H and O–H groups in total. The number of benzene rings is 1. The summed E-state index contributed by atoms with van der Waals surface area (Å²) in [6, 6.07) is 2.89. The molecule has 0 bridgehead atoms. The van der Waals surface area contributed by atoms with Gasteiger partial charge in [-0.05, 0) is 44.2 Å². The maximum absolute atomic E-state index is 15.1. The highest BCUT2D eigenvalue weighted by Crippen LogP contribution is 2.32. The smallest absolute Gasteiger partial charge is 0.331 e. The maximum Gasteiger partial charge on any atom is 0.331 e. The van der Waals surface area contributed by atoms with E-state index < -0.39 is 33.0 Å². The van der Waals surface area contributed by atoms with E-state index in [9.17, 15) is 22.8 Å². The third-order valence-electron chi connectivity index (χ3n) is 7.00. The van der Waals surface area contributed by atoms with Crippen LogP contribution in [0.3, 0.4) is 0 Å². The molecule has 0 unspecified atom stereocenters. The Morgan fingerprint density at radius 1 is 1.06 bits per heavy atom. The summed E-state index contributed by atoms with van der Waals surface area (Å²) in [7, 11) is -3.68. The molecule has 1 aromatic carbocycles. The van der Waals surface area contributed by atoms with Gasteiger partial charge in [-0.25, -0.2) is 17.6 Å². The van der Waals surface area contributed by atoms with Crippen LogP contribution in [0.4, 0.5) is 10.1 Å². The van der Waals surface area contributed by atoms with Crippen molar-refractivity contribution in [1.29, 1.82) is 0 Å². The highest BCUT2D eigenvalue weighted by atomic mass is 32.2. The molecule has 35 heavy (non-hydrogen) atoms. The van der Waals surface area contributed by atoms with E-state index in [4.69, 9.17) is 0 Å². The van der Waals surface area contributed by atoms with Crippen molar-refractivity contribution in [2.45, 2.75) is 89.3 Å². The van der Waals surface area contributed by atoms with E-state index in [2.05, 4.69) is 5.32 Å². The van der Waals surface area contributed by atoms with Crippen LogP contribution in [-0.2, 0) is 21.4 Å². The number of rotatable bonds is 8. The van der Waals surface area contributed by atoms with E-state index >= 15 is 4.39 Å². The first-order valence-electron chi connectivity index (χ1n) is 12.4. The van der Waals surface area contributed by atoms with Gasteiger partial charge in [0.2, 0.25) is 15.9 Å². The summed E-state index contributed by atoms with van der Waals surface area (Å²) in [6.45, 7) is -0.0683. The van der Waals surface area contributed by atoms with Crippen LogP contribution >= 0.6 is 0 Å². The molecule has 2 aliphatic carbocycles. The molecule has 0 aliphatic heterocycles. The molecule has 0 spiro atoms. The van der Waals surface area contributed by atoms with Gasteiger partial charge in [-0.3, -0.25) is 23.4 Å². The first-order chi connectivity index (χ1) is 16.6. The number of nitrogens with one attached hydrogen (secondary N) is 2. The monoisotopic (exact) mass is 508 g/mol. The van der Waals surface area contributed by atoms with Gasteiger partial charge in [0.05, 0.1) is 22.8 Å². The van der Waals surface area contributed by atoms with Gasteiger partial charge in [0.25, 0.3) is 5.56 Å². The van der Waals surface area contributed by atoms with Crippen molar-refractivity contribution in [2.24, 2.45) is 0 Å². The van der Waals surface area contributed by atoms with Gasteiger partial charge in [-0.15, -0.1) is 0 Å². The van der Waals surface area contributed by atoms with Gasteiger partial charge in [0, 0.05) is 25.0 Å². The summed E-state index contributed by atoms with van der Waals surface area (Å²) >= 11 is 0. The Hall–Kier alpha value is -2.69. The van der Waals surface area contributed by atoms with Crippen LogP contribution in [0.2, 0.25) is 0 Å². The van der Waals surface area contributed by atoms with E-state index in [-0.39, 0.29) is 36.9 Å². The average Bonchev–Trinajstić information content (AvgIpc) is 3.31. The first kappa shape index (κ1) is 25.4. The SMILES string of the molecule is CS(=O)(=O)NC(=O)CCCn1c(=O)c2cc(F)c(NC3CCCCC3)cc2n(C2CCCC2)c1=O. The number of carbonyl (C=O) groups excluding carboxylic acids is 1. The minimum atomic E-state index is -3.68. The predicted octanol–water partition coefficient (Wildman–Crippen LogP) is 3.02. The highest BCUT2D eigenvalue weighted by Gasteiger charge is 2.25. The highest BCUT2D eigenvalue weighted by molar-refractivity contribution is 7.89. The summed E-state index contributed by atoms with van der Waals surface area (Å²) < 4.78 is 42.1. The summed E-state index contributed by atoms with van der Waals surface area (Å²) in [5, 5.41) is 3.41. The van der Waals surface area contributed by atoms with Gasteiger partial charge in [-0.1, -0.05) is 32.1 Å². The second-order valence-electron chi connectivity index (χ2n) is 9.78. The number of anilines is 1. The number of carbonyl (C=O) groups is 1. The molecule has 2 aliphatic rings. The van der Waals surface area contributed by atoms with Crippen molar-refractivity contribution < 1.29 is 17.6 Å². The third kappa shape index (κ3) is 5.94. The molecule has 2 saturated carbocycles. The molecular formula is C24H33FN4O5S. The summed E-state index contributed by atoms with van der Waals surface area (Å²) in [6.07, 6.45) is 9.62. The molecular weight excluding hydrogens is 475 g/mol. The largest absolute Gasteiger partial charge is 0.380 e. The Kier molecular flexibility index (Phi) is 7.63. The number of hydrogen-bond donors (Lipinski definition) is 2. The number of fused-ring (bicyclic) bond motifs is 1. The Balaban J connectivity index is 1.70. The van der Waals surface area contributed by atoms with Crippen molar-refractivity contribution in [3.05, 3.63) is 38.8 Å². The first-order valence-corrected chi connectivity index (χ1v) is 14.3. The van der Waals surface area contributed by atoms with Crippen molar-refractivity contribution in [1.82, 2.24) is 13.9 Å². The topological polar surface area (TPSA) is 119 Å². The Labute approximate surface area is 203 Å². The van der Waals surface area contributed by atoms with Crippen molar-refractivity contribution in [3.63, 3.8) is 0 Å². The van der Waals surface area contributed by atoms with E-state index in [0.717, 1.165) is 62.2 Å². The summed E-state index contributed by atoms with van der Waals surface area (Å²) in [5.41, 5.74) is -0.346. The molecule has 192 valence electrons. The van der Waals surface area contributed by atoms with Crippen LogP contribution in [-0.4, -0.2) is 35.8 Å². The molecule has 1 aromatic heterocycles. The fourth-order valence-corrected chi connectivity index (χ4v) is 5.86. The predicted molar refractivity (Wildman–Crippen MR) is 133 cm³/mol. The molecule has 1 amide bonds. The molecule has 0 radical (unpaired) electrons. The second-order valence-corrected chi connectivity index (χ2v) is 11.5. The fraction of sp³-hybridized carbons (Fsp3) is 0.625. The molecule has 4 rings (SSSR count). The standard InChI is InChI=1S/C24H33FN4O5S/c1-35(33,34)27-22(30)12-7-13-28-23(31)18-14-19(25)20(26-16-8-3-2-4-9-16)15-21(18)29(24(28)32)17-10-5-6-11-17/h14-17,26H,2-13H2,1H3,(H,27,30). The van der Waals surface area contributed by atoms with Crippen molar-refractivity contribution in [2.75, 3.05) is 11.6 Å². The number of nitrogens with zero attached hydrogens (tertiary/aromatic N) is 2. The minimum Gasteiger partial charge on any atom is -0.380 e. The number of hydrogen-bond acceptors (Lipinski definition) is 6. The minimum absolute atomic E-state index is 0.0683. The van der Waals surface area contributed by atoms with Crippen LogP contribution in [0.25, 0.3) is 10.9 Å². The van der Waals surface area contributed by atoms with Crippen molar-refractivity contribution in [3.8, 4) is 0 Å². The van der Waals surface area contributed by atoms with Crippen LogP contribution in [0, 0.1) is 5.82 Å². The lowest BCUT2D eigenvalue weighted by atomic mass is 9.95. The van der Waals surface area contributed by atoms with Crippen LogP contribution in [0.1, 0.15) is 76.7 Å². The lowest BCUT2D eigenvalue weighted by molar-refractivity contribution is -0.119. The Morgan fingerprint density at radius 2 is 1.71 bits per heavy atom. The number of sulfonamides is 1. The number of amides is 1. The van der Waals surface area contributed by atoms with Crippen molar-refractivity contribution >= 4 is 32.5 Å². The van der Waals surface area contributed by atoms with E-state index in [0.29, 0.717) is 11.2 Å². The number of halogens is 1. The lowest BCUT2D eigenvalue weighted by Gasteiger charge is -2.25. The maximum atomic E-state index is 15.1. The lowest BCUT2D eigenvalue weighted by Crippen LogP contribution is -2.41. The molecule has 2 fully saturated rings. The summed E-state index contributed by atoms with van der Waals surface area (Å²) in [4.78, 5) is 38.6. The zero-order chi connectivity index (χ0) is 25.2. The molecule has 11 heteroatoms. The molecule has 0 atom stereocenters.